The molecule has 7 nitrogen and oxygen atoms in total. The molecule has 8 heteroatoms. The molecule has 38 heavy (non-hydrogen) atoms. The summed E-state index contributed by atoms with van der Waals surface area (Å²) in [6.45, 7) is 1.81. The number of fused-ring (bicyclic) bond motifs is 4. The van der Waals surface area contributed by atoms with Gasteiger partial charge in [-0.3, -0.25) is 0 Å². The zero-order chi connectivity index (χ0) is 26.3. The van der Waals surface area contributed by atoms with Gasteiger partial charge in [-0.1, -0.05) is 0 Å². The third-order valence-corrected chi connectivity index (χ3v) is 9.31. The maximum absolute atomic E-state index is 11.1. The van der Waals surface area contributed by atoms with E-state index in [1.54, 1.807) is 7.11 Å². The molecule has 0 N–H and O–H groups in total. The average molecular weight is 567 g/mol. The molecule has 2 bridgehead atoms. The van der Waals surface area contributed by atoms with E-state index in [0.717, 1.165) is 21.5 Å². The Kier molecular flexibility index (Phi) is 5.95. The Labute approximate surface area is 230 Å². The Morgan fingerprint density at radius 2 is 1.42 bits per heavy atom. The van der Waals surface area contributed by atoms with E-state index in [1.807, 2.05) is 72.8 Å². The van der Waals surface area contributed by atoms with Crippen LogP contribution >= 0.6 is 0 Å². The standard InChI is InChI=1S/C30H27N6OSe/c1-37-25-15-9-8-14-24(25)26-29(16-31)18-34(22-10-4-2-5-11-22)19-30(26,17-32)28(38)36-21-35(20-33-27(29)36)23-12-6-3-7-13-23/h2-15,26,38H,18-21H2,1H3. The van der Waals surface area contributed by atoms with E-state index in [-0.39, 0.29) is 0 Å². The van der Waals surface area contributed by atoms with Crippen LogP contribution in [0.15, 0.2) is 89.9 Å². The molecule has 6 rings (SSSR count). The molecule has 0 saturated carbocycles. The first-order valence-corrected chi connectivity index (χ1v) is 13.5. The van der Waals surface area contributed by atoms with Gasteiger partial charge >= 0.3 is 231 Å². The second-order valence-corrected chi connectivity index (χ2v) is 10.8. The molecule has 3 aliphatic heterocycles. The van der Waals surface area contributed by atoms with Crippen LogP contribution in [0.1, 0.15) is 11.5 Å². The second kappa shape index (κ2) is 9.33. The van der Waals surface area contributed by atoms with E-state index in [1.165, 1.54) is 0 Å². The van der Waals surface area contributed by atoms with Crippen molar-refractivity contribution >= 4 is 37.3 Å². The van der Waals surface area contributed by atoms with Gasteiger partial charge in [-0.25, -0.2) is 0 Å². The number of aliphatic imine (C=N–C) groups is 1. The predicted molar refractivity (Wildman–Crippen MR) is 151 cm³/mol. The second-order valence-electron chi connectivity index (χ2n) is 9.92. The summed E-state index contributed by atoms with van der Waals surface area (Å²) in [5.41, 5.74) is 0.806. The predicted octanol–water partition coefficient (Wildman–Crippen LogP) is 3.50. The van der Waals surface area contributed by atoms with E-state index < -0.39 is 16.7 Å². The number of nitriles is 2. The van der Waals surface area contributed by atoms with Crippen molar-refractivity contribution in [2.75, 3.05) is 43.3 Å². The molecular weight excluding hydrogens is 539 g/mol. The molecule has 3 atom stereocenters. The summed E-state index contributed by atoms with van der Waals surface area (Å²) in [7, 11) is 1.64. The minimum absolute atomic E-state index is 0.417. The van der Waals surface area contributed by atoms with Gasteiger partial charge in [0, 0.05) is 0 Å². The first-order chi connectivity index (χ1) is 18.6. The van der Waals surface area contributed by atoms with E-state index >= 15 is 0 Å². The summed E-state index contributed by atoms with van der Waals surface area (Å²) in [5, 5.41) is 22.2. The Hall–Kier alpha value is -4.10. The Morgan fingerprint density at radius 3 is 2.05 bits per heavy atom. The van der Waals surface area contributed by atoms with Gasteiger partial charge in [-0.2, -0.15) is 0 Å². The number of piperidine rings is 2. The molecule has 2 saturated heterocycles. The van der Waals surface area contributed by atoms with Crippen molar-refractivity contribution in [1.82, 2.24) is 4.90 Å². The van der Waals surface area contributed by atoms with E-state index in [9.17, 15) is 10.5 Å². The van der Waals surface area contributed by atoms with Crippen LogP contribution in [0.25, 0.3) is 0 Å². The van der Waals surface area contributed by atoms with E-state index in [2.05, 4.69) is 54.5 Å². The van der Waals surface area contributed by atoms with Crippen LogP contribution in [0, 0.1) is 33.5 Å². The number of ether oxygens (including phenoxy) is 1. The van der Waals surface area contributed by atoms with Gasteiger partial charge < -0.3 is 0 Å². The van der Waals surface area contributed by atoms with E-state index in [4.69, 9.17) is 9.73 Å². The van der Waals surface area contributed by atoms with Crippen molar-refractivity contribution in [3.8, 4) is 17.9 Å². The molecule has 0 aliphatic carbocycles. The van der Waals surface area contributed by atoms with Gasteiger partial charge in [0.05, 0.1) is 0 Å². The van der Waals surface area contributed by atoms with Crippen LogP contribution in [0.4, 0.5) is 11.4 Å². The molecule has 0 amide bonds. The van der Waals surface area contributed by atoms with Crippen molar-refractivity contribution in [3.05, 3.63) is 90.5 Å². The quantitative estimate of drug-likeness (QED) is 0.450. The molecule has 3 aromatic carbocycles. The zero-order valence-electron chi connectivity index (χ0n) is 21.0. The summed E-state index contributed by atoms with van der Waals surface area (Å²) in [6.07, 6.45) is 0. The van der Waals surface area contributed by atoms with Gasteiger partial charge in [0.15, 0.2) is 0 Å². The third kappa shape index (κ3) is 3.45. The molecule has 1 radical (unpaired) electrons. The maximum atomic E-state index is 11.1. The monoisotopic (exact) mass is 567 g/mol. The van der Waals surface area contributed by atoms with Gasteiger partial charge in [0.25, 0.3) is 0 Å². The Bertz CT molecular complexity index is 1500. The van der Waals surface area contributed by atoms with Gasteiger partial charge in [0.1, 0.15) is 0 Å². The number of nitrogens with zero attached hydrogens (tertiary/aromatic N) is 6. The Balaban J connectivity index is 1.58. The van der Waals surface area contributed by atoms with Crippen LogP contribution in [0.3, 0.4) is 0 Å². The van der Waals surface area contributed by atoms with Crippen molar-refractivity contribution in [3.63, 3.8) is 0 Å². The van der Waals surface area contributed by atoms with Crippen LogP contribution in [-0.4, -0.2) is 64.4 Å². The third-order valence-electron chi connectivity index (χ3n) is 7.97. The average Bonchev–Trinajstić information content (AvgIpc) is 3.00. The van der Waals surface area contributed by atoms with E-state index in [0.29, 0.717) is 38.0 Å². The number of hydrogen-bond donors (Lipinski definition) is 0. The molecule has 2 fully saturated rings. The fourth-order valence-corrected chi connectivity index (χ4v) is 7.19. The fourth-order valence-electron chi connectivity index (χ4n) is 6.33. The van der Waals surface area contributed by atoms with Gasteiger partial charge in [-0.15, -0.1) is 0 Å². The topological polar surface area (TPSA) is 78.9 Å². The SMILES string of the molecule is COc1ccccc1C1C2(C#N)CN(c3ccccc3)CC1(C#N)C1=NCN(c3ccccc3)CN1C2=[SeH]. The first kappa shape index (κ1) is 24.2. The molecular formula is C30H27N6OSe. The molecule has 0 aromatic heterocycles. The molecule has 0 spiro atoms. The summed E-state index contributed by atoms with van der Waals surface area (Å²) >= 11 is 2.66. The molecule has 189 valence electrons. The Morgan fingerprint density at radius 1 is 0.842 bits per heavy atom. The molecule has 3 heterocycles. The molecule has 3 aromatic rings. The van der Waals surface area contributed by atoms with Crippen molar-refractivity contribution in [1.29, 1.82) is 10.5 Å². The number of rotatable bonds is 4. The normalized spacial score (nSPS) is 26.1. The number of hydrogen-bond acceptors (Lipinski definition) is 7. The zero-order valence-corrected chi connectivity index (χ0v) is 22.9. The molecule has 3 aliphatic rings. The summed E-state index contributed by atoms with van der Waals surface area (Å²) < 4.78 is 6.63. The van der Waals surface area contributed by atoms with Gasteiger partial charge in [0.2, 0.25) is 0 Å². The summed E-state index contributed by atoms with van der Waals surface area (Å²) in [4.78, 5) is 11.5. The minimum atomic E-state index is -1.08. The number of methoxy groups -OCH3 is 1. The summed E-state index contributed by atoms with van der Waals surface area (Å²) in [6, 6.07) is 33.4. The molecule has 3 unspecified atom stereocenters. The van der Waals surface area contributed by atoms with Crippen molar-refractivity contribution in [2.24, 2.45) is 15.8 Å². The number of benzene rings is 3. The van der Waals surface area contributed by atoms with Crippen LogP contribution < -0.4 is 14.5 Å². The first-order valence-electron chi connectivity index (χ1n) is 12.5. The van der Waals surface area contributed by atoms with Crippen molar-refractivity contribution in [2.45, 2.75) is 5.92 Å². The number of anilines is 2. The van der Waals surface area contributed by atoms with Gasteiger partial charge in [-0.05, 0) is 0 Å². The van der Waals surface area contributed by atoms with Crippen LogP contribution in [-0.2, 0) is 0 Å². The number of amidine groups is 1. The van der Waals surface area contributed by atoms with Crippen LogP contribution in [0.5, 0.6) is 5.75 Å². The number of para-hydroxylation sites is 3. The van der Waals surface area contributed by atoms with Crippen LogP contribution in [0.2, 0.25) is 0 Å². The summed E-state index contributed by atoms with van der Waals surface area (Å²) in [5.74, 6) is 0.934. The van der Waals surface area contributed by atoms with Crippen molar-refractivity contribution < 1.29 is 4.74 Å². The fraction of sp³-hybridized carbons (Fsp3) is 0.267.